The highest BCUT2D eigenvalue weighted by atomic mass is 32.2. The SMILES string of the molecule is Oc1ccccc1Sc1ccccc1OP(O)O. The Balaban J connectivity index is 2.26. The maximum absolute atomic E-state index is 9.69. The van der Waals surface area contributed by atoms with Gasteiger partial charge >= 0.3 is 8.60 Å². The number of rotatable bonds is 4. The third-order valence-electron chi connectivity index (χ3n) is 2.11. The Labute approximate surface area is 110 Å². The molecule has 0 saturated heterocycles. The van der Waals surface area contributed by atoms with E-state index < -0.39 is 8.60 Å². The average Bonchev–Trinajstić information content (AvgIpc) is 2.34. The average molecular weight is 282 g/mol. The van der Waals surface area contributed by atoms with Crippen molar-refractivity contribution >= 4 is 20.4 Å². The first-order valence-electron chi connectivity index (χ1n) is 5.07. The summed E-state index contributed by atoms with van der Waals surface area (Å²) in [5.41, 5.74) is 0. The predicted octanol–water partition coefficient (Wildman–Crippen LogP) is 3.13. The fraction of sp³-hybridized carbons (Fsp3) is 0. The van der Waals surface area contributed by atoms with Crippen LogP contribution in [0.25, 0.3) is 0 Å². The lowest BCUT2D eigenvalue weighted by Gasteiger charge is -2.11. The maximum Gasteiger partial charge on any atom is 0.391 e. The number of para-hydroxylation sites is 2. The summed E-state index contributed by atoms with van der Waals surface area (Å²) in [7, 11) is -2.45. The molecule has 0 heterocycles. The molecular formula is C12H11O4PS. The molecule has 0 aliphatic carbocycles. The van der Waals surface area contributed by atoms with Gasteiger partial charge in [-0.15, -0.1) is 0 Å². The lowest BCUT2D eigenvalue weighted by Crippen LogP contribution is -1.87. The number of benzene rings is 2. The van der Waals surface area contributed by atoms with Gasteiger partial charge in [0.15, 0.2) is 0 Å². The summed E-state index contributed by atoms with van der Waals surface area (Å²) in [6, 6.07) is 13.9. The quantitative estimate of drug-likeness (QED) is 0.752. The molecule has 0 aromatic heterocycles. The molecule has 0 atom stereocenters. The summed E-state index contributed by atoms with van der Waals surface area (Å²) in [6.07, 6.45) is 0. The highest BCUT2D eigenvalue weighted by molar-refractivity contribution is 7.99. The Morgan fingerprint density at radius 2 is 1.50 bits per heavy atom. The fourth-order valence-corrected chi connectivity index (χ4v) is 2.67. The third kappa shape index (κ3) is 3.37. The number of aromatic hydroxyl groups is 1. The molecule has 0 radical (unpaired) electrons. The van der Waals surface area contributed by atoms with Crippen molar-refractivity contribution in [2.24, 2.45) is 0 Å². The molecule has 0 aliphatic rings. The molecule has 0 aliphatic heterocycles. The standard InChI is InChI=1S/C12H11O4PS/c13-9-5-1-3-7-11(9)18-12-8-4-2-6-10(12)16-17(14)15/h1-8,13-15H. The molecule has 4 nitrogen and oxygen atoms in total. The van der Waals surface area contributed by atoms with E-state index in [0.717, 1.165) is 0 Å². The van der Waals surface area contributed by atoms with E-state index in [0.29, 0.717) is 15.5 Å². The van der Waals surface area contributed by atoms with Gasteiger partial charge in [0.25, 0.3) is 0 Å². The third-order valence-corrected chi connectivity index (χ3v) is 3.60. The van der Waals surface area contributed by atoms with Gasteiger partial charge in [0.2, 0.25) is 0 Å². The first-order valence-corrected chi connectivity index (χ1v) is 7.05. The second-order valence-corrected chi connectivity index (χ2v) is 5.13. The topological polar surface area (TPSA) is 69.9 Å². The minimum absolute atomic E-state index is 0.174. The van der Waals surface area contributed by atoms with Gasteiger partial charge in [-0.3, -0.25) is 0 Å². The van der Waals surface area contributed by atoms with Gasteiger partial charge in [0.1, 0.15) is 11.5 Å². The van der Waals surface area contributed by atoms with E-state index in [2.05, 4.69) is 0 Å². The molecule has 6 heteroatoms. The van der Waals surface area contributed by atoms with E-state index in [1.807, 2.05) is 12.1 Å². The summed E-state index contributed by atoms with van der Waals surface area (Å²) in [5, 5.41) is 9.69. The summed E-state index contributed by atoms with van der Waals surface area (Å²) in [4.78, 5) is 19.2. The van der Waals surface area contributed by atoms with Crippen LogP contribution < -0.4 is 4.52 Å². The van der Waals surface area contributed by atoms with E-state index >= 15 is 0 Å². The van der Waals surface area contributed by atoms with Gasteiger partial charge in [0, 0.05) is 0 Å². The van der Waals surface area contributed by atoms with Crippen LogP contribution in [0, 0.1) is 0 Å². The molecule has 0 amide bonds. The van der Waals surface area contributed by atoms with E-state index in [4.69, 9.17) is 14.3 Å². The second kappa shape index (κ2) is 6.07. The molecule has 0 fully saturated rings. The minimum atomic E-state index is -2.45. The lowest BCUT2D eigenvalue weighted by atomic mass is 10.3. The van der Waals surface area contributed by atoms with Gasteiger partial charge in [-0.1, -0.05) is 36.0 Å². The van der Waals surface area contributed by atoms with Crippen molar-refractivity contribution in [3.05, 3.63) is 48.5 Å². The lowest BCUT2D eigenvalue weighted by molar-refractivity contribution is 0.371. The van der Waals surface area contributed by atoms with Crippen LogP contribution in [-0.4, -0.2) is 14.9 Å². The summed E-state index contributed by atoms with van der Waals surface area (Å²) < 4.78 is 4.93. The van der Waals surface area contributed by atoms with Gasteiger partial charge in [-0.05, 0) is 24.3 Å². The Kier molecular flexibility index (Phi) is 4.44. The zero-order valence-electron chi connectivity index (χ0n) is 9.22. The van der Waals surface area contributed by atoms with Gasteiger partial charge < -0.3 is 19.4 Å². The normalized spacial score (nSPS) is 10.6. The van der Waals surface area contributed by atoms with Crippen molar-refractivity contribution in [2.75, 3.05) is 0 Å². The monoisotopic (exact) mass is 282 g/mol. The van der Waals surface area contributed by atoms with Gasteiger partial charge in [-0.2, -0.15) is 0 Å². The predicted molar refractivity (Wildman–Crippen MR) is 70.7 cm³/mol. The Hall–Kier alpha value is -1.26. The largest absolute Gasteiger partial charge is 0.507 e. The van der Waals surface area contributed by atoms with E-state index in [-0.39, 0.29) is 5.75 Å². The first kappa shape index (κ1) is 13.2. The van der Waals surface area contributed by atoms with E-state index in [9.17, 15) is 5.11 Å². The molecule has 3 N–H and O–H groups in total. The molecule has 18 heavy (non-hydrogen) atoms. The molecule has 94 valence electrons. The molecule has 2 aromatic rings. The van der Waals surface area contributed by atoms with Crippen molar-refractivity contribution in [3.8, 4) is 11.5 Å². The number of hydrogen-bond acceptors (Lipinski definition) is 5. The van der Waals surface area contributed by atoms with Crippen LogP contribution in [0.15, 0.2) is 58.3 Å². The van der Waals surface area contributed by atoms with E-state index in [1.165, 1.54) is 11.8 Å². The van der Waals surface area contributed by atoms with Crippen LogP contribution in [0.3, 0.4) is 0 Å². The van der Waals surface area contributed by atoms with Crippen LogP contribution in [0.2, 0.25) is 0 Å². The zero-order chi connectivity index (χ0) is 13.0. The molecule has 0 bridgehead atoms. The number of phenolic OH excluding ortho intramolecular Hbond substituents is 1. The van der Waals surface area contributed by atoms with Crippen LogP contribution in [-0.2, 0) is 0 Å². The highest BCUT2D eigenvalue weighted by Gasteiger charge is 2.10. The maximum atomic E-state index is 9.69. The van der Waals surface area contributed by atoms with Gasteiger partial charge in [-0.25, -0.2) is 0 Å². The van der Waals surface area contributed by atoms with Crippen molar-refractivity contribution in [2.45, 2.75) is 9.79 Å². The Morgan fingerprint density at radius 1 is 0.889 bits per heavy atom. The molecule has 0 spiro atoms. The number of phenols is 1. The fourth-order valence-electron chi connectivity index (χ4n) is 1.36. The van der Waals surface area contributed by atoms with Crippen molar-refractivity contribution in [1.29, 1.82) is 0 Å². The molecular weight excluding hydrogens is 271 g/mol. The minimum Gasteiger partial charge on any atom is -0.507 e. The van der Waals surface area contributed by atoms with Crippen LogP contribution in [0.5, 0.6) is 11.5 Å². The van der Waals surface area contributed by atoms with Crippen molar-refractivity contribution in [3.63, 3.8) is 0 Å². The van der Waals surface area contributed by atoms with Crippen LogP contribution >= 0.6 is 20.4 Å². The molecule has 0 unspecified atom stereocenters. The van der Waals surface area contributed by atoms with Crippen LogP contribution in [0.4, 0.5) is 0 Å². The molecule has 2 rings (SSSR count). The molecule has 0 saturated carbocycles. The first-order chi connectivity index (χ1) is 8.66. The highest BCUT2D eigenvalue weighted by Crippen LogP contribution is 2.41. The zero-order valence-corrected chi connectivity index (χ0v) is 10.9. The van der Waals surface area contributed by atoms with E-state index in [1.54, 1.807) is 36.4 Å². The van der Waals surface area contributed by atoms with Gasteiger partial charge in [0.05, 0.1) is 9.79 Å². The summed E-state index contributed by atoms with van der Waals surface area (Å²) in [6.45, 7) is 0. The number of hydrogen-bond donors (Lipinski definition) is 3. The van der Waals surface area contributed by atoms with Crippen LogP contribution in [0.1, 0.15) is 0 Å². The summed E-state index contributed by atoms with van der Waals surface area (Å²) in [5.74, 6) is 0.550. The Bertz CT molecular complexity index is 533. The van der Waals surface area contributed by atoms with Crippen molar-refractivity contribution in [1.82, 2.24) is 0 Å². The van der Waals surface area contributed by atoms with Crippen molar-refractivity contribution < 1.29 is 19.4 Å². The molecule has 2 aromatic carbocycles. The second-order valence-electron chi connectivity index (χ2n) is 3.36. The summed E-state index contributed by atoms with van der Waals surface area (Å²) >= 11 is 1.30. The smallest absolute Gasteiger partial charge is 0.391 e. The Morgan fingerprint density at radius 3 is 2.17 bits per heavy atom.